The zero-order valence-electron chi connectivity index (χ0n) is 14.9. The van der Waals surface area contributed by atoms with Crippen molar-refractivity contribution in [1.29, 1.82) is 0 Å². The molecule has 7 nitrogen and oxygen atoms in total. The van der Waals surface area contributed by atoms with Crippen LogP contribution in [0.5, 0.6) is 5.75 Å². The van der Waals surface area contributed by atoms with E-state index < -0.39 is 15.5 Å². The van der Waals surface area contributed by atoms with Crippen LogP contribution in [0.3, 0.4) is 0 Å². The van der Waals surface area contributed by atoms with Crippen LogP contribution in [0.1, 0.15) is 23.1 Å². The average Bonchev–Trinajstić information content (AvgIpc) is 2.88. The molecule has 1 aliphatic rings. The number of carbonyl (C=O) groups excluding carboxylic acids is 1. The summed E-state index contributed by atoms with van der Waals surface area (Å²) in [4.78, 5) is 24.0. The molecular formula is C18H21NO6S. The van der Waals surface area contributed by atoms with Gasteiger partial charge in [0.1, 0.15) is 11.3 Å². The fraction of sp³-hybridized carbons (Fsp3) is 0.444. The smallest absolute Gasteiger partial charge is 0.339 e. The fourth-order valence-electron chi connectivity index (χ4n) is 3.12. The highest BCUT2D eigenvalue weighted by molar-refractivity contribution is 7.91. The molecule has 0 bridgehead atoms. The van der Waals surface area contributed by atoms with Gasteiger partial charge < -0.3 is 14.5 Å². The van der Waals surface area contributed by atoms with E-state index in [9.17, 15) is 18.0 Å². The zero-order chi connectivity index (χ0) is 19.1. The van der Waals surface area contributed by atoms with Crippen molar-refractivity contribution < 1.29 is 22.4 Å². The maximum absolute atomic E-state index is 12.1. The summed E-state index contributed by atoms with van der Waals surface area (Å²) in [6.07, 6.45) is 0.422. The van der Waals surface area contributed by atoms with E-state index in [1.165, 1.54) is 0 Å². The van der Waals surface area contributed by atoms with Crippen molar-refractivity contribution in [2.45, 2.75) is 33.2 Å². The Bertz CT molecular complexity index is 1040. The Morgan fingerprint density at radius 1 is 1.27 bits per heavy atom. The van der Waals surface area contributed by atoms with Crippen LogP contribution in [0.2, 0.25) is 0 Å². The van der Waals surface area contributed by atoms with Gasteiger partial charge in [-0.3, -0.25) is 4.79 Å². The summed E-state index contributed by atoms with van der Waals surface area (Å²) in [6.45, 7) is 5.08. The van der Waals surface area contributed by atoms with Crippen LogP contribution in [-0.4, -0.2) is 38.5 Å². The molecule has 2 aromatic rings. The second-order valence-electron chi connectivity index (χ2n) is 6.73. The predicted molar refractivity (Wildman–Crippen MR) is 97.4 cm³/mol. The topological polar surface area (TPSA) is 103 Å². The number of carbonyl (C=O) groups is 1. The molecule has 1 amide bonds. The number of nitrogens with one attached hydrogen (secondary N) is 1. The summed E-state index contributed by atoms with van der Waals surface area (Å²) >= 11 is 0. The minimum Gasteiger partial charge on any atom is -0.483 e. The van der Waals surface area contributed by atoms with Crippen molar-refractivity contribution in [1.82, 2.24) is 5.32 Å². The van der Waals surface area contributed by atoms with Gasteiger partial charge in [-0.1, -0.05) is 0 Å². The molecular weight excluding hydrogens is 358 g/mol. The minimum absolute atomic E-state index is 0.0322. The van der Waals surface area contributed by atoms with Gasteiger partial charge in [0.15, 0.2) is 16.4 Å². The number of hydrogen-bond acceptors (Lipinski definition) is 6. The van der Waals surface area contributed by atoms with Crippen LogP contribution in [0.25, 0.3) is 11.0 Å². The molecule has 1 atom stereocenters. The number of rotatable bonds is 4. The lowest BCUT2D eigenvalue weighted by Crippen LogP contribution is -2.38. The Balaban J connectivity index is 1.79. The molecule has 8 heteroatoms. The van der Waals surface area contributed by atoms with E-state index >= 15 is 0 Å². The van der Waals surface area contributed by atoms with E-state index in [1.54, 1.807) is 26.0 Å². The number of amides is 1. The van der Waals surface area contributed by atoms with Gasteiger partial charge >= 0.3 is 5.63 Å². The van der Waals surface area contributed by atoms with Crippen LogP contribution in [-0.2, 0) is 14.6 Å². The van der Waals surface area contributed by atoms with Crippen molar-refractivity contribution >= 4 is 26.7 Å². The number of benzene rings is 1. The van der Waals surface area contributed by atoms with Crippen molar-refractivity contribution in [2.75, 3.05) is 18.1 Å². The Hall–Kier alpha value is -2.35. The molecule has 1 saturated heterocycles. The highest BCUT2D eigenvalue weighted by Crippen LogP contribution is 2.30. The number of fused-ring (bicyclic) bond motifs is 1. The monoisotopic (exact) mass is 379 g/mol. The first-order valence-corrected chi connectivity index (χ1v) is 10.2. The van der Waals surface area contributed by atoms with Gasteiger partial charge in [-0.2, -0.15) is 0 Å². The Morgan fingerprint density at radius 2 is 2.00 bits per heavy atom. The first kappa shape index (κ1) is 18.4. The fourth-order valence-corrected chi connectivity index (χ4v) is 4.80. The molecule has 1 aliphatic heterocycles. The summed E-state index contributed by atoms with van der Waals surface area (Å²) in [6, 6.07) is 3.16. The summed E-state index contributed by atoms with van der Waals surface area (Å²) < 4.78 is 33.9. The summed E-state index contributed by atoms with van der Waals surface area (Å²) in [5, 5.41) is 3.34. The molecule has 2 heterocycles. The summed E-state index contributed by atoms with van der Waals surface area (Å²) in [7, 11) is -3.05. The van der Waals surface area contributed by atoms with Gasteiger partial charge in [-0.05, 0) is 50.5 Å². The molecule has 1 aromatic heterocycles. The van der Waals surface area contributed by atoms with Crippen molar-refractivity contribution in [3.05, 3.63) is 39.2 Å². The van der Waals surface area contributed by atoms with E-state index in [0.717, 1.165) is 11.1 Å². The number of aryl methyl sites for hydroxylation is 2. The van der Waals surface area contributed by atoms with Gasteiger partial charge in [0, 0.05) is 11.6 Å². The third-order valence-electron chi connectivity index (χ3n) is 4.61. The van der Waals surface area contributed by atoms with Crippen LogP contribution in [0, 0.1) is 20.8 Å². The summed E-state index contributed by atoms with van der Waals surface area (Å²) in [5.41, 5.74) is 2.09. The van der Waals surface area contributed by atoms with Crippen LogP contribution in [0.15, 0.2) is 21.3 Å². The van der Waals surface area contributed by atoms with E-state index in [4.69, 9.17) is 9.15 Å². The standard InChI is InChI=1S/C18H21NO6S/c1-10-6-14(17-11(2)12(3)18(21)25-15(17)7-10)24-8-16(20)19-13-4-5-26(22,23)9-13/h6-7,13H,4-5,8-9H2,1-3H3,(H,19,20). The molecule has 1 aromatic carbocycles. The molecule has 1 fully saturated rings. The quantitative estimate of drug-likeness (QED) is 0.806. The predicted octanol–water partition coefficient (Wildman–Crippen LogP) is 1.40. The SMILES string of the molecule is Cc1cc(OCC(=O)NC2CCS(=O)(=O)C2)c2c(C)c(C)c(=O)oc2c1. The molecule has 0 radical (unpaired) electrons. The van der Waals surface area contributed by atoms with Crippen LogP contribution >= 0.6 is 0 Å². The van der Waals surface area contributed by atoms with Crippen molar-refractivity contribution in [3.63, 3.8) is 0 Å². The lowest BCUT2D eigenvalue weighted by atomic mass is 10.0. The van der Waals surface area contributed by atoms with Crippen LogP contribution in [0.4, 0.5) is 0 Å². The highest BCUT2D eigenvalue weighted by Gasteiger charge is 2.29. The third-order valence-corrected chi connectivity index (χ3v) is 6.38. The van der Waals surface area contributed by atoms with Crippen molar-refractivity contribution in [2.24, 2.45) is 0 Å². The lowest BCUT2D eigenvalue weighted by molar-refractivity contribution is -0.123. The van der Waals surface area contributed by atoms with E-state index in [1.807, 2.05) is 6.92 Å². The minimum atomic E-state index is -3.05. The second-order valence-corrected chi connectivity index (χ2v) is 8.96. The molecule has 0 spiro atoms. The highest BCUT2D eigenvalue weighted by atomic mass is 32.2. The second kappa shape index (κ2) is 6.75. The van der Waals surface area contributed by atoms with Gasteiger partial charge in [-0.25, -0.2) is 13.2 Å². The molecule has 1 N–H and O–H groups in total. The van der Waals surface area contributed by atoms with Gasteiger partial charge in [0.2, 0.25) is 0 Å². The first-order chi connectivity index (χ1) is 12.2. The largest absolute Gasteiger partial charge is 0.483 e. The van der Waals surface area contributed by atoms with E-state index in [0.29, 0.717) is 28.7 Å². The van der Waals surface area contributed by atoms with E-state index in [2.05, 4.69) is 5.32 Å². The summed E-state index contributed by atoms with van der Waals surface area (Å²) in [5.74, 6) is 0.140. The van der Waals surface area contributed by atoms with E-state index in [-0.39, 0.29) is 30.1 Å². The number of hydrogen-bond donors (Lipinski definition) is 1. The van der Waals surface area contributed by atoms with Gasteiger partial charge in [0.25, 0.3) is 5.91 Å². The Kier molecular flexibility index (Phi) is 4.79. The molecule has 0 saturated carbocycles. The third kappa shape index (κ3) is 3.75. The molecule has 1 unspecified atom stereocenters. The molecule has 3 rings (SSSR count). The zero-order valence-corrected chi connectivity index (χ0v) is 15.7. The molecule has 26 heavy (non-hydrogen) atoms. The van der Waals surface area contributed by atoms with Gasteiger partial charge in [0.05, 0.1) is 16.9 Å². The number of ether oxygens (including phenoxy) is 1. The van der Waals surface area contributed by atoms with Crippen LogP contribution < -0.4 is 15.7 Å². The lowest BCUT2D eigenvalue weighted by Gasteiger charge is -2.14. The maximum Gasteiger partial charge on any atom is 0.339 e. The average molecular weight is 379 g/mol. The number of sulfone groups is 1. The molecule has 140 valence electrons. The maximum atomic E-state index is 12.1. The molecule has 0 aliphatic carbocycles. The first-order valence-electron chi connectivity index (χ1n) is 8.33. The Labute approximate surface area is 151 Å². The Morgan fingerprint density at radius 3 is 2.65 bits per heavy atom. The normalized spacial score (nSPS) is 18.8. The van der Waals surface area contributed by atoms with Gasteiger partial charge in [-0.15, -0.1) is 0 Å². The van der Waals surface area contributed by atoms with Crippen molar-refractivity contribution in [3.8, 4) is 5.75 Å².